The van der Waals surface area contributed by atoms with Crippen molar-refractivity contribution in [2.75, 3.05) is 26.8 Å². The third-order valence-corrected chi connectivity index (χ3v) is 1.44. The minimum absolute atomic E-state index is 0.213. The molecule has 1 amide bonds. The predicted octanol–water partition coefficient (Wildman–Crippen LogP) is 0.289. The van der Waals surface area contributed by atoms with Crippen LogP contribution in [0, 0.1) is 0 Å². The zero-order valence-corrected chi connectivity index (χ0v) is 8.65. The Labute approximate surface area is 86.2 Å². The molecule has 90 valence electrons. The Kier molecular flexibility index (Phi) is 6.26. The fraction of sp³-hybridized carbons (Fsp3) is 0.875. The predicted molar refractivity (Wildman–Crippen MR) is 48.4 cm³/mol. The van der Waals surface area contributed by atoms with Crippen LogP contribution < -0.4 is 10.6 Å². The highest BCUT2D eigenvalue weighted by Crippen LogP contribution is 2.11. The molecule has 2 N–H and O–H groups in total. The lowest BCUT2D eigenvalue weighted by Gasteiger charge is -2.13. The van der Waals surface area contributed by atoms with E-state index < -0.39 is 18.6 Å². The maximum Gasteiger partial charge on any atom is 0.401 e. The van der Waals surface area contributed by atoms with E-state index in [0.29, 0.717) is 6.61 Å². The molecule has 0 aromatic heterocycles. The quantitative estimate of drug-likeness (QED) is 0.687. The molecule has 0 aliphatic rings. The van der Waals surface area contributed by atoms with Gasteiger partial charge >= 0.3 is 6.18 Å². The molecule has 7 heteroatoms. The van der Waals surface area contributed by atoms with Crippen molar-refractivity contribution < 1.29 is 22.7 Å². The number of hydrogen-bond acceptors (Lipinski definition) is 3. The Balaban J connectivity index is 3.58. The number of ether oxygens (including phenoxy) is 1. The van der Waals surface area contributed by atoms with Gasteiger partial charge in [0.15, 0.2) is 0 Å². The first kappa shape index (κ1) is 14.2. The zero-order valence-electron chi connectivity index (χ0n) is 8.65. The highest BCUT2D eigenvalue weighted by atomic mass is 19.4. The van der Waals surface area contributed by atoms with E-state index in [1.54, 1.807) is 6.92 Å². The summed E-state index contributed by atoms with van der Waals surface area (Å²) in [4.78, 5) is 11.0. The monoisotopic (exact) mass is 228 g/mol. The normalized spacial score (nSPS) is 13.7. The van der Waals surface area contributed by atoms with Gasteiger partial charge in [0.25, 0.3) is 0 Å². The van der Waals surface area contributed by atoms with Gasteiger partial charge in [-0.3, -0.25) is 4.79 Å². The van der Waals surface area contributed by atoms with Gasteiger partial charge in [-0.15, -0.1) is 0 Å². The summed E-state index contributed by atoms with van der Waals surface area (Å²) in [6.07, 6.45) is -4.29. The van der Waals surface area contributed by atoms with Crippen molar-refractivity contribution in [2.45, 2.75) is 19.1 Å². The van der Waals surface area contributed by atoms with Gasteiger partial charge in [0.05, 0.1) is 19.7 Å². The number of carbonyl (C=O) groups is 1. The highest BCUT2D eigenvalue weighted by Gasteiger charge is 2.26. The van der Waals surface area contributed by atoms with E-state index in [2.05, 4.69) is 5.32 Å². The average Bonchev–Trinajstić information content (AvgIpc) is 2.01. The minimum atomic E-state index is -4.29. The van der Waals surface area contributed by atoms with Gasteiger partial charge in [-0.2, -0.15) is 13.2 Å². The van der Waals surface area contributed by atoms with Crippen LogP contribution in [-0.4, -0.2) is 44.9 Å². The molecule has 0 bridgehead atoms. The molecular weight excluding hydrogens is 213 g/mol. The van der Waals surface area contributed by atoms with Crippen LogP contribution in [0.5, 0.6) is 0 Å². The van der Waals surface area contributed by atoms with Crippen molar-refractivity contribution in [2.24, 2.45) is 0 Å². The minimum Gasteiger partial charge on any atom is -0.383 e. The standard InChI is InChI=1S/C8H15F3N2O2/c1-6(4-15-2)13-7(14)3-12-5-8(9,10)11/h6,12H,3-5H2,1-2H3,(H,13,14). The second kappa shape index (κ2) is 6.62. The van der Waals surface area contributed by atoms with Gasteiger partial charge in [0, 0.05) is 13.2 Å². The van der Waals surface area contributed by atoms with Gasteiger partial charge in [-0.1, -0.05) is 0 Å². The summed E-state index contributed by atoms with van der Waals surface area (Å²) < 4.78 is 39.8. The number of nitrogens with one attached hydrogen (secondary N) is 2. The number of carbonyl (C=O) groups excluding carboxylic acids is 1. The Morgan fingerprint density at radius 2 is 2.07 bits per heavy atom. The number of amides is 1. The lowest BCUT2D eigenvalue weighted by Crippen LogP contribution is -2.42. The first-order valence-corrected chi connectivity index (χ1v) is 4.41. The molecule has 0 aromatic carbocycles. The van der Waals surface area contributed by atoms with Crippen LogP contribution >= 0.6 is 0 Å². The second-order valence-corrected chi connectivity index (χ2v) is 3.14. The fourth-order valence-electron chi connectivity index (χ4n) is 0.935. The summed E-state index contributed by atoms with van der Waals surface area (Å²) in [5, 5.41) is 4.47. The maximum atomic E-state index is 11.7. The third-order valence-electron chi connectivity index (χ3n) is 1.44. The van der Waals surface area contributed by atoms with E-state index in [0.717, 1.165) is 0 Å². The SMILES string of the molecule is COCC(C)NC(=O)CNCC(F)(F)F. The van der Waals surface area contributed by atoms with Crippen LogP contribution in [0.25, 0.3) is 0 Å². The number of hydrogen-bond donors (Lipinski definition) is 2. The zero-order chi connectivity index (χ0) is 11.9. The highest BCUT2D eigenvalue weighted by molar-refractivity contribution is 5.78. The van der Waals surface area contributed by atoms with E-state index >= 15 is 0 Å². The molecule has 4 nitrogen and oxygen atoms in total. The van der Waals surface area contributed by atoms with Gasteiger partial charge in [0.1, 0.15) is 0 Å². The Morgan fingerprint density at radius 3 is 2.53 bits per heavy atom. The Hall–Kier alpha value is -0.820. The summed E-state index contributed by atoms with van der Waals surface area (Å²) in [7, 11) is 1.48. The van der Waals surface area contributed by atoms with E-state index in [-0.39, 0.29) is 12.6 Å². The number of halogens is 3. The molecule has 0 saturated carbocycles. The van der Waals surface area contributed by atoms with Crippen molar-refractivity contribution in [3.8, 4) is 0 Å². The fourth-order valence-corrected chi connectivity index (χ4v) is 0.935. The second-order valence-electron chi connectivity index (χ2n) is 3.14. The number of methoxy groups -OCH3 is 1. The largest absolute Gasteiger partial charge is 0.401 e. The molecule has 0 radical (unpaired) electrons. The first-order chi connectivity index (χ1) is 6.85. The molecule has 1 unspecified atom stereocenters. The van der Waals surface area contributed by atoms with Gasteiger partial charge in [-0.25, -0.2) is 0 Å². The average molecular weight is 228 g/mol. The van der Waals surface area contributed by atoms with Gasteiger partial charge in [-0.05, 0) is 6.92 Å². The number of rotatable bonds is 6. The molecular formula is C8H15F3N2O2. The van der Waals surface area contributed by atoms with Crippen molar-refractivity contribution in [3.63, 3.8) is 0 Å². The molecule has 0 fully saturated rings. The van der Waals surface area contributed by atoms with Gasteiger partial charge in [0.2, 0.25) is 5.91 Å². The Bertz CT molecular complexity index is 197. The first-order valence-electron chi connectivity index (χ1n) is 4.41. The van der Waals surface area contributed by atoms with E-state index in [9.17, 15) is 18.0 Å². The summed E-state index contributed by atoms with van der Waals surface area (Å²) in [6, 6.07) is -0.213. The van der Waals surface area contributed by atoms with Crippen molar-refractivity contribution in [1.82, 2.24) is 10.6 Å². The molecule has 0 heterocycles. The molecule has 0 aliphatic carbocycles. The van der Waals surface area contributed by atoms with E-state index in [1.807, 2.05) is 5.32 Å². The summed E-state index contributed by atoms with van der Waals surface area (Å²) in [5.74, 6) is -0.483. The van der Waals surface area contributed by atoms with Crippen LogP contribution in [0.1, 0.15) is 6.92 Å². The van der Waals surface area contributed by atoms with E-state index in [4.69, 9.17) is 4.74 Å². The lowest BCUT2D eigenvalue weighted by molar-refractivity contribution is -0.128. The van der Waals surface area contributed by atoms with E-state index in [1.165, 1.54) is 7.11 Å². The van der Waals surface area contributed by atoms with Crippen LogP contribution in [0.2, 0.25) is 0 Å². The van der Waals surface area contributed by atoms with Crippen LogP contribution in [0.4, 0.5) is 13.2 Å². The van der Waals surface area contributed by atoms with Crippen LogP contribution in [0.15, 0.2) is 0 Å². The van der Waals surface area contributed by atoms with Crippen molar-refractivity contribution >= 4 is 5.91 Å². The molecule has 0 rings (SSSR count). The smallest absolute Gasteiger partial charge is 0.383 e. The molecule has 0 saturated heterocycles. The topological polar surface area (TPSA) is 50.4 Å². The van der Waals surface area contributed by atoms with Crippen molar-refractivity contribution in [3.05, 3.63) is 0 Å². The van der Waals surface area contributed by atoms with Crippen LogP contribution in [-0.2, 0) is 9.53 Å². The Morgan fingerprint density at radius 1 is 1.47 bits per heavy atom. The summed E-state index contributed by atoms with van der Waals surface area (Å²) in [5.41, 5.74) is 0. The summed E-state index contributed by atoms with van der Waals surface area (Å²) >= 11 is 0. The molecule has 0 aromatic rings. The molecule has 1 atom stereocenters. The molecule has 0 aliphatic heterocycles. The molecule has 0 spiro atoms. The summed E-state index contributed by atoms with van der Waals surface area (Å²) in [6.45, 7) is 0.503. The number of alkyl halides is 3. The third kappa shape index (κ3) is 9.48. The van der Waals surface area contributed by atoms with Crippen molar-refractivity contribution in [1.29, 1.82) is 0 Å². The molecule has 15 heavy (non-hydrogen) atoms. The lowest BCUT2D eigenvalue weighted by atomic mass is 10.3. The maximum absolute atomic E-state index is 11.7. The van der Waals surface area contributed by atoms with Gasteiger partial charge < -0.3 is 15.4 Å². The van der Waals surface area contributed by atoms with Crippen LogP contribution in [0.3, 0.4) is 0 Å².